The van der Waals surface area contributed by atoms with Crippen molar-refractivity contribution in [2.45, 2.75) is 57.6 Å². The molecule has 5 nitrogen and oxygen atoms in total. The van der Waals surface area contributed by atoms with Crippen LogP contribution >= 0.6 is 0 Å². The maximum atomic E-state index is 11.4. The molecule has 0 radical (unpaired) electrons. The highest BCUT2D eigenvalue weighted by Gasteiger charge is 2.25. The number of nitrogens with two attached hydrogens (primary N) is 2. The van der Waals surface area contributed by atoms with Crippen LogP contribution < -0.4 is 11.6 Å². The van der Waals surface area contributed by atoms with Gasteiger partial charge in [0.15, 0.2) is 0 Å². The molecule has 0 aromatic heterocycles. The Hall–Kier alpha value is -1.43. The van der Waals surface area contributed by atoms with E-state index < -0.39 is 6.10 Å². The summed E-state index contributed by atoms with van der Waals surface area (Å²) in [6.07, 6.45) is 6.66. The highest BCUT2D eigenvalue weighted by molar-refractivity contribution is 5.66. The number of carbonyl (C=O) groups is 1. The summed E-state index contributed by atoms with van der Waals surface area (Å²) < 4.78 is 5.46. The number of hydrazine groups is 1. The van der Waals surface area contributed by atoms with Gasteiger partial charge in [0.25, 0.3) is 0 Å². The van der Waals surface area contributed by atoms with E-state index in [9.17, 15) is 4.79 Å². The molecule has 1 saturated carbocycles. The minimum atomic E-state index is -0.392. The van der Waals surface area contributed by atoms with Crippen LogP contribution in [0.2, 0.25) is 0 Å². The summed E-state index contributed by atoms with van der Waals surface area (Å²) in [4.78, 5) is 11.4. The second-order valence-corrected chi connectivity index (χ2v) is 6.96. The van der Waals surface area contributed by atoms with Crippen LogP contribution in [0.3, 0.4) is 0 Å². The molecular weight excluding hydrogens is 302 g/mol. The summed E-state index contributed by atoms with van der Waals surface area (Å²) in [5, 5.41) is 1.79. The number of hydrogen-bond donors (Lipinski definition) is 2. The zero-order chi connectivity index (χ0) is 17.4. The molecular formula is C19H31N3O2. The number of benzene rings is 1. The summed E-state index contributed by atoms with van der Waals surface area (Å²) in [5.74, 6) is 6.53. The minimum Gasteiger partial charge on any atom is -0.459 e. The van der Waals surface area contributed by atoms with Gasteiger partial charge in [0.1, 0.15) is 6.10 Å². The highest BCUT2D eigenvalue weighted by atomic mass is 16.5. The van der Waals surface area contributed by atoms with Crippen molar-refractivity contribution in [2.24, 2.45) is 17.5 Å². The zero-order valence-corrected chi connectivity index (χ0v) is 14.7. The fraction of sp³-hybridized carbons (Fsp3) is 0.632. The van der Waals surface area contributed by atoms with Crippen LogP contribution in [0.25, 0.3) is 0 Å². The van der Waals surface area contributed by atoms with Crippen LogP contribution in [-0.4, -0.2) is 36.2 Å². The van der Waals surface area contributed by atoms with Gasteiger partial charge in [-0.05, 0) is 30.7 Å². The standard InChI is InChI=1S/C19H31N3O2/c1-15(23)24-19(18(20)12-16-8-4-2-5-9-16)14-22(21)13-17-10-6-3-7-11-17/h2,4-5,8-9,17-19H,3,6-7,10-14,20-21H2,1H3. The lowest BCUT2D eigenvalue weighted by atomic mass is 9.89. The molecule has 2 unspecified atom stereocenters. The second-order valence-electron chi connectivity index (χ2n) is 6.96. The van der Waals surface area contributed by atoms with Gasteiger partial charge in [-0.1, -0.05) is 49.6 Å². The van der Waals surface area contributed by atoms with Gasteiger partial charge in [0.05, 0.1) is 6.54 Å². The van der Waals surface area contributed by atoms with Gasteiger partial charge in [-0.3, -0.25) is 10.6 Å². The Balaban J connectivity index is 1.89. The Morgan fingerprint density at radius 3 is 2.54 bits per heavy atom. The van der Waals surface area contributed by atoms with Crippen molar-refractivity contribution in [1.29, 1.82) is 0 Å². The number of rotatable bonds is 8. The summed E-state index contributed by atoms with van der Waals surface area (Å²) in [6.45, 7) is 2.74. The fourth-order valence-electron chi connectivity index (χ4n) is 3.50. The van der Waals surface area contributed by atoms with Crippen LogP contribution in [0.15, 0.2) is 30.3 Å². The first-order chi connectivity index (χ1) is 11.5. The molecule has 0 saturated heterocycles. The van der Waals surface area contributed by atoms with E-state index in [2.05, 4.69) is 0 Å². The maximum absolute atomic E-state index is 11.4. The molecule has 1 aliphatic rings. The third kappa shape index (κ3) is 6.59. The van der Waals surface area contributed by atoms with E-state index >= 15 is 0 Å². The Morgan fingerprint density at radius 1 is 1.25 bits per heavy atom. The highest BCUT2D eigenvalue weighted by Crippen LogP contribution is 2.24. The SMILES string of the molecule is CC(=O)OC(CN(N)CC1CCCCC1)C(N)Cc1ccccc1. The molecule has 1 aromatic carbocycles. The summed E-state index contributed by atoms with van der Waals surface area (Å²) in [6, 6.07) is 9.75. The molecule has 0 aliphatic heterocycles. The van der Waals surface area contributed by atoms with Crippen molar-refractivity contribution < 1.29 is 9.53 Å². The lowest BCUT2D eigenvalue weighted by Crippen LogP contribution is -2.50. The number of nitrogens with zero attached hydrogens (tertiary/aromatic N) is 1. The lowest BCUT2D eigenvalue weighted by Gasteiger charge is -2.31. The van der Waals surface area contributed by atoms with Crippen molar-refractivity contribution in [1.82, 2.24) is 5.01 Å². The predicted molar refractivity (Wildman–Crippen MR) is 96.0 cm³/mol. The first-order valence-electron chi connectivity index (χ1n) is 9.01. The summed E-state index contributed by atoms with van der Waals surface area (Å²) in [7, 11) is 0. The van der Waals surface area contributed by atoms with Gasteiger partial charge in [-0.15, -0.1) is 0 Å². The molecule has 4 N–H and O–H groups in total. The van der Waals surface area contributed by atoms with Crippen molar-refractivity contribution in [3.05, 3.63) is 35.9 Å². The van der Waals surface area contributed by atoms with Crippen LogP contribution in [0.4, 0.5) is 0 Å². The van der Waals surface area contributed by atoms with Crippen molar-refractivity contribution in [2.75, 3.05) is 13.1 Å². The smallest absolute Gasteiger partial charge is 0.303 e. The van der Waals surface area contributed by atoms with E-state index in [1.807, 2.05) is 30.3 Å². The normalized spacial score (nSPS) is 18.3. The number of esters is 1. The van der Waals surface area contributed by atoms with Crippen LogP contribution in [0, 0.1) is 5.92 Å². The Bertz CT molecular complexity index is 489. The molecule has 0 amide bonds. The second kappa shape index (κ2) is 9.77. The van der Waals surface area contributed by atoms with Crippen molar-refractivity contribution >= 4 is 5.97 Å². The Morgan fingerprint density at radius 2 is 1.92 bits per heavy atom. The van der Waals surface area contributed by atoms with Gasteiger partial charge in [0, 0.05) is 19.5 Å². The molecule has 0 heterocycles. The summed E-state index contributed by atoms with van der Waals surface area (Å²) in [5.41, 5.74) is 7.46. The molecule has 2 rings (SSSR count). The third-order valence-corrected chi connectivity index (χ3v) is 4.74. The van der Waals surface area contributed by atoms with Crippen LogP contribution in [0.5, 0.6) is 0 Å². The van der Waals surface area contributed by atoms with Gasteiger partial charge in [0.2, 0.25) is 0 Å². The quantitative estimate of drug-likeness (QED) is 0.433. The topological polar surface area (TPSA) is 81.6 Å². The monoisotopic (exact) mass is 333 g/mol. The van der Waals surface area contributed by atoms with E-state index in [0.717, 1.165) is 12.1 Å². The fourth-order valence-corrected chi connectivity index (χ4v) is 3.50. The van der Waals surface area contributed by atoms with E-state index in [0.29, 0.717) is 18.9 Å². The number of carbonyl (C=O) groups excluding carboxylic acids is 1. The Kier molecular flexibility index (Phi) is 7.69. The molecule has 1 fully saturated rings. The first-order valence-corrected chi connectivity index (χ1v) is 9.01. The van der Waals surface area contributed by atoms with Crippen LogP contribution in [0.1, 0.15) is 44.6 Å². The molecule has 24 heavy (non-hydrogen) atoms. The van der Waals surface area contributed by atoms with E-state index in [4.69, 9.17) is 16.3 Å². The van der Waals surface area contributed by atoms with E-state index in [1.54, 1.807) is 5.01 Å². The molecule has 1 aliphatic carbocycles. The van der Waals surface area contributed by atoms with Gasteiger partial charge in [-0.2, -0.15) is 0 Å². The number of hydrogen-bond acceptors (Lipinski definition) is 5. The molecule has 0 spiro atoms. The molecule has 134 valence electrons. The molecule has 1 aromatic rings. The minimum absolute atomic E-state index is 0.270. The van der Waals surface area contributed by atoms with E-state index in [1.165, 1.54) is 39.0 Å². The zero-order valence-electron chi connectivity index (χ0n) is 14.7. The number of ether oxygens (including phenoxy) is 1. The van der Waals surface area contributed by atoms with Crippen LogP contribution in [-0.2, 0) is 16.0 Å². The largest absolute Gasteiger partial charge is 0.459 e. The molecule has 2 atom stereocenters. The van der Waals surface area contributed by atoms with Crippen molar-refractivity contribution in [3.8, 4) is 0 Å². The lowest BCUT2D eigenvalue weighted by molar-refractivity contribution is -0.148. The third-order valence-electron chi connectivity index (χ3n) is 4.74. The average molecular weight is 333 g/mol. The average Bonchev–Trinajstić information content (AvgIpc) is 2.55. The van der Waals surface area contributed by atoms with Gasteiger partial charge < -0.3 is 10.5 Å². The molecule has 5 heteroatoms. The van der Waals surface area contributed by atoms with Crippen molar-refractivity contribution in [3.63, 3.8) is 0 Å². The first kappa shape index (κ1) is 18.9. The Labute approximate surface area is 145 Å². The van der Waals surface area contributed by atoms with Gasteiger partial charge in [-0.25, -0.2) is 5.01 Å². The van der Waals surface area contributed by atoms with E-state index in [-0.39, 0.29) is 12.0 Å². The maximum Gasteiger partial charge on any atom is 0.303 e. The molecule has 0 bridgehead atoms. The summed E-state index contributed by atoms with van der Waals surface area (Å²) >= 11 is 0. The predicted octanol–water partition coefficient (Wildman–Crippen LogP) is 2.24. The van der Waals surface area contributed by atoms with Gasteiger partial charge >= 0.3 is 5.97 Å².